The molecular formula is C14H11ClN2O2. The minimum Gasteiger partial charge on any atom is -0.507 e. The maximum atomic E-state index is 11.7. The maximum absolute atomic E-state index is 11.7. The lowest BCUT2D eigenvalue weighted by molar-refractivity contribution is 0.0952. The van der Waals surface area contributed by atoms with E-state index in [4.69, 9.17) is 11.6 Å². The summed E-state index contributed by atoms with van der Waals surface area (Å²) in [6.07, 6.45) is 1.48. The predicted octanol–water partition coefficient (Wildman–Crippen LogP) is 2.81. The molecule has 1 amide bonds. The molecule has 0 radical (unpaired) electrons. The fourth-order valence-electron chi connectivity index (χ4n) is 1.48. The summed E-state index contributed by atoms with van der Waals surface area (Å²) in [5.74, 6) is -0.561. The van der Waals surface area contributed by atoms with Crippen LogP contribution in [0.2, 0.25) is 5.02 Å². The van der Waals surface area contributed by atoms with Crippen molar-refractivity contribution in [2.75, 3.05) is 0 Å². The number of nitrogens with zero attached hydrogens (tertiary/aromatic N) is 1. The molecule has 0 saturated carbocycles. The van der Waals surface area contributed by atoms with Crippen molar-refractivity contribution in [3.8, 4) is 5.75 Å². The molecule has 5 heteroatoms. The second-order valence-electron chi connectivity index (χ2n) is 3.77. The van der Waals surface area contributed by atoms with Gasteiger partial charge in [-0.05, 0) is 29.8 Å². The van der Waals surface area contributed by atoms with Gasteiger partial charge in [-0.15, -0.1) is 0 Å². The lowest BCUT2D eigenvalue weighted by Crippen LogP contribution is -2.17. The van der Waals surface area contributed by atoms with Gasteiger partial charge in [0.2, 0.25) is 0 Å². The Balaban J connectivity index is 2.03. The van der Waals surface area contributed by atoms with Gasteiger partial charge in [0.25, 0.3) is 5.91 Å². The first-order chi connectivity index (χ1) is 9.16. The number of carbonyl (C=O) groups excluding carboxylic acids is 1. The van der Waals surface area contributed by atoms with E-state index in [1.54, 1.807) is 30.3 Å². The molecule has 0 unspecified atom stereocenters. The first kappa shape index (κ1) is 13.1. The summed E-state index contributed by atoms with van der Waals surface area (Å²) < 4.78 is 0. The van der Waals surface area contributed by atoms with Crippen molar-refractivity contribution in [1.29, 1.82) is 0 Å². The van der Waals surface area contributed by atoms with Crippen molar-refractivity contribution < 1.29 is 9.90 Å². The second kappa shape index (κ2) is 6.02. The average molecular weight is 275 g/mol. The molecule has 2 aromatic rings. The number of aromatic hydroxyl groups is 1. The number of amides is 1. The summed E-state index contributed by atoms with van der Waals surface area (Å²) >= 11 is 5.82. The van der Waals surface area contributed by atoms with E-state index in [1.165, 1.54) is 18.3 Å². The lowest BCUT2D eigenvalue weighted by Gasteiger charge is -2.01. The number of halogens is 1. The number of benzene rings is 2. The van der Waals surface area contributed by atoms with Gasteiger partial charge in [0, 0.05) is 5.02 Å². The summed E-state index contributed by atoms with van der Waals surface area (Å²) in [5, 5.41) is 13.9. The van der Waals surface area contributed by atoms with Gasteiger partial charge in [-0.1, -0.05) is 35.9 Å². The minimum absolute atomic E-state index is 0.0852. The maximum Gasteiger partial charge on any atom is 0.275 e. The molecule has 2 N–H and O–H groups in total. The molecule has 0 aromatic heterocycles. The van der Waals surface area contributed by atoms with Crippen LogP contribution in [0, 0.1) is 0 Å². The normalized spacial score (nSPS) is 10.6. The van der Waals surface area contributed by atoms with E-state index in [2.05, 4.69) is 10.5 Å². The lowest BCUT2D eigenvalue weighted by atomic mass is 10.2. The Morgan fingerprint density at radius 1 is 1.21 bits per heavy atom. The van der Waals surface area contributed by atoms with Crippen molar-refractivity contribution in [1.82, 2.24) is 5.43 Å². The van der Waals surface area contributed by atoms with Crippen LogP contribution >= 0.6 is 11.6 Å². The molecule has 0 heterocycles. The fraction of sp³-hybridized carbons (Fsp3) is 0. The van der Waals surface area contributed by atoms with Crippen LogP contribution in [0.4, 0.5) is 0 Å². The molecule has 0 spiro atoms. The summed E-state index contributed by atoms with van der Waals surface area (Å²) in [4.78, 5) is 11.7. The zero-order valence-electron chi connectivity index (χ0n) is 9.88. The first-order valence-electron chi connectivity index (χ1n) is 5.54. The fourth-order valence-corrected chi connectivity index (χ4v) is 1.68. The highest BCUT2D eigenvalue weighted by atomic mass is 35.5. The van der Waals surface area contributed by atoms with E-state index < -0.39 is 5.91 Å². The number of nitrogens with one attached hydrogen (secondary N) is 1. The Morgan fingerprint density at radius 3 is 2.74 bits per heavy atom. The SMILES string of the molecule is O=C(N/N=C/c1cccc(Cl)c1)c1ccccc1O. The molecule has 0 aliphatic heterocycles. The van der Waals surface area contributed by atoms with E-state index in [0.29, 0.717) is 5.02 Å². The van der Waals surface area contributed by atoms with Gasteiger partial charge in [-0.2, -0.15) is 5.10 Å². The zero-order chi connectivity index (χ0) is 13.7. The van der Waals surface area contributed by atoms with Gasteiger partial charge in [0.1, 0.15) is 5.75 Å². The number of para-hydroxylation sites is 1. The summed E-state index contributed by atoms with van der Waals surface area (Å²) in [7, 11) is 0. The van der Waals surface area contributed by atoms with Gasteiger partial charge >= 0.3 is 0 Å². The summed E-state index contributed by atoms with van der Waals surface area (Å²) in [6, 6.07) is 13.3. The van der Waals surface area contributed by atoms with Crippen LogP contribution < -0.4 is 5.43 Å². The highest BCUT2D eigenvalue weighted by Gasteiger charge is 2.08. The van der Waals surface area contributed by atoms with Crippen LogP contribution in [-0.4, -0.2) is 17.2 Å². The van der Waals surface area contributed by atoms with Crippen LogP contribution in [0.15, 0.2) is 53.6 Å². The largest absolute Gasteiger partial charge is 0.507 e. The number of rotatable bonds is 3. The predicted molar refractivity (Wildman–Crippen MR) is 74.6 cm³/mol. The van der Waals surface area contributed by atoms with Crippen molar-refractivity contribution in [3.05, 3.63) is 64.7 Å². The third-order valence-electron chi connectivity index (χ3n) is 2.38. The Labute approximate surface area is 115 Å². The highest BCUT2D eigenvalue weighted by molar-refractivity contribution is 6.30. The molecule has 4 nitrogen and oxygen atoms in total. The summed E-state index contributed by atoms with van der Waals surface area (Å²) in [5.41, 5.74) is 3.28. The second-order valence-corrected chi connectivity index (χ2v) is 4.21. The third-order valence-corrected chi connectivity index (χ3v) is 2.61. The van der Waals surface area contributed by atoms with Crippen molar-refractivity contribution in [2.24, 2.45) is 5.10 Å². The quantitative estimate of drug-likeness (QED) is 0.668. The van der Waals surface area contributed by atoms with Gasteiger partial charge in [-0.3, -0.25) is 4.79 Å². The highest BCUT2D eigenvalue weighted by Crippen LogP contribution is 2.15. The Morgan fingerprint density at radius 2 is 2.00 bits per heavy atom. The molecule has 0 bridgehead atoms. The van der Waals surface area contributed by atoms with Crippen LogP contribution in [0.3, 0.4) is 0 Å². The summed E-state index contributed by atoms with van der Waals surface area (Å²) in [6.45, 7) is 0. The molecule has 0 aliphatic carbocycles. The van der Waals surface area contributed by atoms with Gasteiger partial charge < -0.3 is 5.11 Å². The molecular weight excluding hydrogens is 264 g/mol. The molecule has 19 heavy (non-hydrogen) atoms. The molecule has 0 saturated heterocycles. The van der Waals surface area contributed by atoms with E-state index in [-0.39, 0.29) is 11.3 Å². The number of carbonyl (C=O) groups is 1. The topological polar surface area (TPSA) is 61.7 Å². The van der Waals surface area contributed by atoms with Crippen LogP contribution in [0.25, 0.3) is 0 Å². The molecule has 0 aliphatic rings. The van der Waals surface area contributed by atoms with E-state index >= 15 is 0 Å². The molecule has 0 fully saturated rings. The van der Waals surface area contributed by atoms with Crippen LogP contribution in [0.5, 0.6) is 5.75 Å². The number of hydrazone groups is 1. The van der Waals surface area contributed by atoms with Gasteiger partial charge in [0.05, 0.1) is 11.8 Å². The molecule has 96 valence electrons. The molecule has 0 atom stereocenters. The zero-order valence-corrected chi connectivity index (χ0v) is 10.6. The minimum atomic E-state index is -0.476. The van der Waals surface area contributed by atoms with E-state index in [0.717, 1.165) is 5.56 Å². The Bertz CT molecular complexity index is 626. The van der Waals surface area contributed by atoms with E-state index in [9.17, 15) is 9.90 Å². The van der Waals surface area contributed by atoms with Crippen molar-refractivity contribution >= 4 is 23.7 Å². The molecule has 2 rings (SSSR count). The van der Waals surface area contributed by atoms with Crippen molar-refractivity contribution in [2.45, 2.75) is 0 Å². The van der Waals surface area contributed by atoms with Crippen molar-refractivity contribution in [3.63, 3.8) is 0 Å². The average Bonchev–Trinajstić information content (AvgIpc) is 2.39. The van der Waals surface area contributed by atoms with E-state index in [1.807, 2.05) is 6.07 Å². The number of hydrogen-bond donors (Lipinski definition) is 2. The van der Waals surface area contributed by atoms with Crippen LogP contribution in [-0.2, 0) is 0 Å². The van der Waals surface area contributed by atoms with Gasteiger partial charge in [-0.25, -0.2) is 5.43 Å². The smallest absolute Gasteiger partial charge is 0.275 e. The first-order valence-corrected chi connectivity index (χ1v) is 5.91. The number of hydrogen-bond acceptors (Lipinski definition) is 3. The van der Waals surface area contributed by atoms with Crippen LogP contribution in [0.1, 0.15) is 15.9 Å². The van der Waals surface area contributed by atoms with Gasteiger partial charge in [0.15, 0.2) is 0 Å². The third kappa shape index (κ3) is 3.56. The monoisotopic (exact) mass is 274 g/mol. The number of phenols is 1. The number of phenolic OH excluding ortho intramolecular Hbond substituents is 1. The molecule has 2 aromatic carbocycles. The Hall–Kier alpha value is -2.33. The Kier molecular flexibility index (Phi) is 4.15. The standard InChI is InChI=1S/C14H11ClN2O2/c15-11-5-3-4-10(8-11)9-16-17-14(19)12-6-1-2-7-13(12)18/h1-9,18H,(H,17,19)/b16-9+.